The van der Waals surface area contributed by atoms with Gasteiger partial charge in [-0.25, -0.2) is 0 Å². The highest BCUT2D eigenvalue weighted by atomic mass is 79.9. The van der Waals surface area contributed by atoms with Gasteiger partial charge in [-0.3, -0.25) is 9.59 Å². The standard InChI is InChI=1S/C14H11BrO3/c1-7-11(8(2)16)13(17)14(18)12(7)9-4-3-5-10(15)6-9/h3-6H,1-2H3,(H,17,18). The maximum Gasteiger partial charge on any atom is 0.228 e. The average Bonchev–Trinajstić information content (AvgIpc) is 2.50. The first-order valence-corrected chi connectivity index (χ1v) is 6.19. The van der Waals surface area contributed by atoms with E-state index in [0.29, 0.717) is 16.7 Å². The third-order valence-corrected chi connectivity index (χ3v) is 3.39. The zero-order chi connectivity index (χ0) is 13.4. The summed E-state index contributed by atoms with van der Waals surface area (Å²) >= 11 is 3.33. The average molecular weight is 307 g/mol. The Morgan fingerprint density at radius 1 is 1.33 bits per heavy atom. The van der Waals surface area contributed by atoms with E-state index in [4.69, 9.17) is 0 Å². The van der Waals surface area contributed by atoms with E-state index in [1.165, 1.54) is 6.92 Å². The van der Waals surface area contributed by atoms with Gasteiger partial charge in [0.2, 0.25) is 5.78 Å². The maximum atomic E-state index is 12.0. The number of Topliss-reactive ketones (excluding diaryl/α,β-unsaturated/α-hetero) is 2. The van der Waals surface area contributed by atoms with Gasteiger partial charge in [0.25, 0.3) is 0 Å². The van der Waals surface area contributed by atoms with Crippen molar-refractivity contribution < 1.29 is 14.7 Å². The number of aliphatic hydroxyl groups is 1. The third-order valence-electron chi connectivity index (χ3n) is 2.89. The Kier molecular flexibility index (Phi) is 3.22. The van der Waals surface area contributed by atoms with Crippen molar-refractivity contribution in [3.8, 4) is 0 Å². The third kappa shape index (κ3) is 1.93. The van der Waals surface area contributed by atoms with Gasteiger partial charge in [-0.1, -0.05) is 28.1 Å². The lowest BCUT2D eigenvalue weighted by molar-refractivity contribution is -0.115. The van der Waals surface area contributed by atoms with Crippen LogP contribution < -0.4 is 0 Å². The number of halogens is 1. The Labute approximate surface area is 113 Å². The van der Waals surface area contributed by atoms with Gasteiger partial charge < -0.3 is 5.11 Å². The molecule has 1 N–H and O–H groups in total. The fraction of sp³-hybridized carbons (Fsp3) is 0.143. The lowest BCUT2D eigenvalue weighted by Gasteiger charge is -2.04. The molecule has 0 spiro atoms. The molecule has 0 aliphatic heterocycles. The molecule has 92 valence electrons. The van der Waals surface area contributed by atoms with Crippen molar-refractivity contribution in [1.29, 1.82) is 0 Å². The van der Waals surface area contributed by atoms with Crippen molar-refractivity contribution in [2.45, 2.75) is 13.8 Å². The van der Waals surface area contributed by atoms with Crippen molar-refractivity contribution in [3.05, 3.63) is 51.2 Å². The maximum absolute atomic E-state index is 12.0. The predicted octanol–water partition coefficient (Wildman–Crippen LogP) is 3.21. The molecule has 1 aromatic carbocycles. The molecule has 1 aliphatic carbocycles. The quantitative estimate of drug-likeness (QED) is 0.913. The number of rotatable bonds is 2. The monoisotopic (exact) mass is 306 g/mol. The highest BCUT2D eigenvalue weighted by molar-refractivity contribution is 9.10. The molecule has 0 amide bonds. The molecule has 3 nitrogen and oxygen atoms in total. The van der Waals surface area contributed by atoms with Gasteiger partial charge in [0.1, 0.15) is 0 Å². The van der Waals surface area contributed by atoms with Crippen LogP contribution in [0.3, 0.4) is 0 Å². The minimum atomic E-state index is -0.490. The fourth-order valence-corrected chi connectivity index (χ4v) is 2.53. The van der Waals surface area contributed by atoms with Crippen molar-refractivity contribution in [2.24, 2.45) is 0 Å². The second-order valence-electron chi connectivity index (χ2n) is 4.12. The fourth-order valence-electron chi connectivity index (χ4n) is 2.13. The first kappa shape index (κ1) is 12.8. The van der Waals surface area contributed by atoms with E-state index >= 15 is 0 Å². The zero-order valence-corrected chi connectivity index (χ0v) is 11.5. The second kappa shape index (κ2) is 4.53. The topological polar surface area (TPSA) is 54.4 Å². The summed E-state index contributed by atoms with van der Waals surface area (Å²) in [6.45, 7) is 3.01. The predicted molar refractivity (Wildman–Crippen MR) is 72.1 cm³/mol. The van der Waals surface area contributed by atoms with E-state index < -0.39 is 11.5 Å². The van der Waals surface area contributed by atoms with Crippen LogP contribution in [0, 0.1) is 0 Å². The number of hydrogen-bond donors (Lipinski definition) is 1. The zero-order valence-electron chi connectivity index (χ0n) is 9.95. The molecule has 0 atom stereocenters. The molecule has 0 saturated carbocycles. The number of aliphatic hydroxyl groups excluding tert-OH is 1. The number of ketones is 2. The highest BCUT2D eigenvalue weighted by Gasteiger charge is 2.32. The Balaban J connectivity index is 2.61. The second-order valence-corrected chi connectivity index (χ2v) is 5.03. The first-order chi connectivity index (χ1) is 8.43. The van der Waals surface area contributed by atoms with E-state index in [0.717, 1.165) is 4.47 Å². The number of hydrogen-bond acceptors (Lipinski definition) is 3. The molecule has 1 aromatic rings. The number of carbonyl (C=O) groups is 2. The van der Waals surface area contributed by atoms with Crippen LogP contribution in [-0.4, -0.2) is 16.7 Å². The highest BCUT2D eigenvalue weighted by Crippen LogP contribution is 2.35. The van der Waals surface area contributed by atoms with Gasteiger partial charge in [-0.15, -0.1) is 0 Å². The van der Waals surface area contributed by atoms with Crippen molar-refractivity contribution in [2.75, 3.05) is 0 Å². The largest absolute Gasteiger partial charge is 0.504 e. The molecule has 0 saturated heterocycles. The lowest BCUT2D eigenvalue weighted by atomic mass is 9.99. The molecule has 0 aromatic heterocycles. The van der Waals surface area contributed by atoms with Crippen molar-refractivity contribution >= 4 is 33.1 Å². The Hall–Kier alpha value is -1.68. The molecule has 0 radical (unpaired) electrons. The van der Waals surface area contributed by atoms with Crippen LogP contribution >= 0.6 is 15.9 Å². The van der Waals surface area contributed by atoms with Crippen molar-refractivity contribution in [3.63, 3.8) is 0 Å². The van der Waals surface area contributed by atoms with Crippen LogP contribution in [0.1, 0.15) is 19.4 Å². The van der Waals surface area contributed by atoms with E-state index in [1.807, 2.05) is 6.07 Å². The number of benzene rings is 1. The van der Waals surface area contributed by atoms with E-state index in [1.54, 1.807) is 25.1 Å². The summed E-state index contributed by atoms with van der Waals surface area (Å²) in [4.78, 5) is 23.5. The van der Waals surface area contributed by atoms with Crippen LogP contribution in [0.5, 0.6) is 0 Å². The van der Waals surface area contributed by atoms with Gasteiger partial charge in [-0.2, -0.15) is 0 Å². The summed E-state index contributed by atoms with van der Waals surface area (Å²) in [6, 6.07) is 7.21. The van der Waals surface area contributed by atoms with Crippen molar-refractivity contribution in [1.82, 2.24) is 0 Å². The normalized spacial score (nSPS) is 15.6. The van der Waals surface area contributed by atoms with E-state index in [2.05, 4.69) is 15.9 Å². The molecule has 1 aliphatic rings. The minimum Gasteiger partial charge on any atom is -0.504 e. The molecule has 0 unspecified atom stereocenters. The smallest absolute Gasteiger partial charge is 0.228 e. The molecule has 4 heteroatoms. The molecule has 0 bridgehead atoms. The Morgan fingerprint density at radius 3 is 2.50 bits per heavy atom. The lowest BCUT2D eigenvalue weighted by Crippen LogP contribution is -2.03. The number of carbonyl (C=O) groups excluding carboxylic acids is 2. The SMILES string of the molecule is CC(=O)C1=C(O)C(=O)C(c2cccc(Br)c2)=C1C. The molecule has 0 heterocycles. The summed E-state index contributed by atoms with van der Waals surface area (Å²) in [7, 11) is 0. The first-order valence-electron chi connectivity index (χ1n) is 5.39. The van der Waals surface area contributed by atoms with Crippen LogP contribution in [0.15, 0.2) is 45.6 Å². The summed E-state index contributed by atoms with van der Waals surface area (Å²) < 4.78 is 0.837. The van der Waals surface area contributed by atoms with Crippen LogP contribution in [0.4, 0.5) is 0 Å². The van der Waals surface area contributed by atoms with Gasteiger partial charge in [0, 0.05) is 10.0 Å². The van der Waals surface area contributed by atoms with E-state index in [9.17, 15) is 14.7 Å². The Bertz CT molecular complexity index is 624. The summed E-state index contributed by atoms with van der Waals surface area (Å²) in [5.41, 5.74) is 1.73. The van der Waals surface area contributed by atoms with Crippen LogP contribution in [0.25, 0.3) is 5.57 Å². The van der Waals surface area contributed by atoms with Crippen LogP contribution in [0.2, 0.25) is 0 Å². The number of allylic oxidation sites excluding steroid dienone is 3. The minimum absolute atomic E-state index is 0.120. The summed E-state index contributed by atoms with van der Waals surface area (Å²) in [5, 5.41) is 9.76. The molecule has 0 fully saturated rings. The Morgan fingerprint density at radius 2 is 2.00 bits per heavy atom. The van der Waals surface area contributed by atoms with Crippen LogP contribution in [-0.2, 0) is 9.59 Å². The van der Waals surface area contributed by atoms with E-state index in [-0.39, 0.29) is 11.4 Å². The molecular weight excluding hydrogens is 296 g/mol. The summed E-state index contributed by atoms with van der Waals surface area (Å²) in [5.74, 6) is -1.24. The molecule has 2 rings (SSSR count). The summed E-state index contributed by atoms with van der Waals surface area (Å²) in [6.07, 6.45) is 0. The van der Waals surface area contributed by atoms with Gasteiger partial charge in [0.05, 0.1) is 5.57 Å². The molecule has 18 heavy (non-hydrogen) atoms. The molecular formula is C14H11BrO3. The van der Waals surface area contributed by atoms with Gasteiger partial charge >= 0.3 is 0 Å². The van der Waals surface area contributed by atoms with Gasteiger partial charge in [-0.05, 0) is 37.1 Å². The van der Waals surface area contributed by atoms with Gasteiger partial charge in [0.15, 0.2) is 11.5 Å².